The summed E-state index contributed by atoms with van der Waals surface area (Å²) in [6.07, 6.45) is 3.20. The first kappa shape index (κ1) is 22.3. The van der Waals surface area contributed by atoms with Crippen LogP contribution in [0, 0.1) is 10.1 Å². The van der Waals surface area contributed by atoms with Crippen molar-refractivity contribution in [3.05, 3.63) is 63.7 Å². The number of rotatable bonds is 7. The van der Waals surface area contributed by atoms with Crippen LogP contribution in [0.4, 0.5) is 17.1 Å². The van der Waals surface area contributed by atoms with Crippen molar-refractivity contribution in [3.8, 4) is 0 Å². The summed E-state index contributed by atoms with van der Waals surface area (Å²) < 4.78 is 0. The van der Waals surface area contributed by atoms with Gasteiger partial charge >= 0.3 is 0 Å². The van der Waals surface area contributed by atoms with E-state index in [9.17, 15) is 19.7 Å². The van der Waals surface area contributed by atoms with E-state index in [1.165, 1.54) is 12.1 Å². The maximum atomic E-state index is 13.0. The molecule has 8 heteroatoms. The van der Waals surface area contributed by atoms with Gasteiger partial charge in [-0.1, -0.05) is 0 Å². The molecular weight excluding hydrogens is 396 g/mol. The summed E-state index contributed by atoms with van der Waals surface area (Å²) in [6, 6.07) is 11.1. The first-order valence-corrected chi connectivity index (χ1v) is 10.7. The molecule has 1 aliphatic heterocycles. The fourth-order valence-electron chi connectivity index (χ4n) is 3.82. The second-order valence-electron chi connectivity index (χ2n) is 7.52. The summed E-state index contributed by atoms with van der Waals surface area (Å²) in [7, 11) is 0. The number of non-ortho nitro benzene ring substituents is 1. The van der Waals surface area contributed by atoms with Crippen LogP contribution in [0.3, 0.4) is 0 Å². The van der Waals surface area contributed by atoms with Gasteiger partial charge < -0.3 is 15.1 Å². The number of anilines is 2. The summed E-state index contributed by atoms with van der Waals surface area (Å²) in [5.41, 5.74) is 1.94. The summed E-state index contributed by atoms with van der Waals surface area (Å²) in [4.78, 5) is 40.1. The molecule has 2 aromatic rings. The van der Waals surface area contributed by atoms with E-state index < -0.39 is 10.8 Å². The quantitative estimate of drug-likeness (QED) is 0.527. The third-order valence-electron chi connectivity index (χ3n) is 5.57. The van der Waals surface area contributed by atoms with Crippen molar-refractivity contribution in [1.82, 2.24) is 4.90 Å². The number of nitrogens with zero attached hydrogens (tertiary/aromatic N) is 3. The van der Waals surface area contributed by atoms with E-state index in [2.05, 4.69) is 10.2 Å². The molecule has 0 aromatic heterocycles. The van der Waals surface area contributed by atoms with Crippen molar-refractivity contribution in [2.45, 2.75) is 33.1 Å². The van der Waals surface area contributed by atoms with Gasteiger partial charge in [-0.05, 0) is 63.4 Å². The van der Waals surface area contributed by atoms with Crippen molar-refractivity contribution in [2.75, 3.05) is 36.4 Å². The molecule has 1 heterocycles. The molecule has 0 bridgehead atoms. The van der Waals surface area contributed by atoms with Gasteiger partial charge in [0.25, 0.3) is 17.5 Å². The van der Waals surface area contributed by atoms with E-state index >= 15 is 0 Å². The summed E-state index contributed by atoms with van der Waals surface area (Å²) in [6.45, 7) is 6.74. The number of carbonyl (C=O) groups excluding carboxylic acids is 2. The first-order chi connectivity index (χ1) is 14.9. The molecule has 164 valence electrons. The lowest BCUT2D eigenvalue weighted by atomic mass is 10.1. The third kappa shape index (κ3) is 5.20. The molecule has 1 aliphatic rings. The highest BCUT2D eigenvalue weighted by atomic mass is 16.6. The van der Waals surface area contributed by atoms with Crippen LogP contribution >= 0.6 is 0 Å². The van der Waals surface area contributed by atoms with Crippen molar-refractivity contribution >= 4 is 28.9 Å². The Morgan fingerprint density at radius 2 is 1.68 bits per heavy atom. The maximum absolute atomic E-state index is 13.0. The molecule has 0 radical (unpaired) electrons. The molecular formula is C23H28N4O4. The number of nitro groups is 1. The summed E-state index contributed by atoms with van der Waals surface area (Å²) in [5, 5.41) is 14.1. The van der Waals surface area contributed by atoms with Crippen LogP contribution in [0.15, 0.2) is 42.5 Å². The zero-order chi connectivity index (χ0) is 22.4. The van der Waals surface area contributed by atoms with Crippen LogP contribution in [0.25, 0.3) is 0 Å². The number of piperidine rings is 1. The fraction of sp³-hybridized carbons (Fsp3) is 0.391. The Balaban J connectivity index is 1.82. The Labute approximate surface area is 182 Å². The van der Waals surface area contributed by atoms with Crippen LogP contribution in [0.5, 0.6) is 0 Å². The minimum atomic E-state index is -0.496. The van der Waals surface area contributed by atoms with Gasteiger partial charge in [0.2, 0.25) is 0 Å². The second-order valence-corrected chi connectivity index (χ2v) is 7.52. The summed E-state index contributed by atoms with van der Waals surface area (Å²) >= 11 is 0. The van der Waals surface area contributed by atoms with Gasteiger partial charge in [-0.25, -0.2) is 0 Å². The van der Waals surface area contributed by atoms with Gasteiger partial charge in [0, 0.05) is 49.6 Å². The standard InChI is InChI=1S/C23H28N4O4/c1-3-25(4-2)23(29)17-8-10-18(11-9-17)24-22(28)20-16-19(27(30)31)12-13-21(20)26-14-6-5-7-15-26/h8-13,16H,3-7,14-15H2,1-2H3,(H,24,28). The van der Waals surface area contributed by atoms with E-state index in [1.54, 1.807) is 35.2 Å². The van der Waals surface area contributed by atoms with Crippen LogP contribution in [-0.2, 0) is 0 Å². The molecule has 2 aromatic carbocycles. The van der Waals surface area contributed by atoms with Crippen molar-refractivity contribution in [3.63, 3.8) is 0 Å². The molecule has 1 saturated heterocycles. The van der Waals surface area contributed by atoms with Gasteiger partial charge in [-0.15, -0.1) is 0 Å². The van der Waals surface area contributed by atoms with Crippen LogP contribution in [0.2, 0.25) is 0 Å². The van der Waals surface area contributed by atoms with E-state index in [-0.39, 0.29) is 17.2 Å². The Bertz CT molecular complexity index is 949. The number of nitrogens with one attached hydrogen (secondary N) is 1. The number of carbonyl (C=O) groups is 2. The molecule has 1 fully saturated rings. The Kier molecular flexibility index (Phi) is 7.23. The Morgan fingerprint density at radius 3 is 2.26 bits per heavy atom. The second kappa shape index (κ2) is 10.1. The minimum absolute atomic E-state index is 0.0612. The molecule has 31 heavy (non-hydrogen) atoms. The van der Waals surface area contributed by atoms with Crippen molar-refractivity contribution in [2.24, 2.45) is 0 Å². The maximum Gasteiger partial charge on any atom is 0.270 e. The number of hydrogen-bond acceptors (Lipinski definition) is 5. The van der Waals surface area contributed by atoms with Gasteiger partial charge in [-0.2, -0.15) is 0 Å². The average molecular weight is 425 g/mol. The van der Waals surface area contributed by atoms with E-state index in [0.717, 1.165) is 32.4 Å². The van der Waals surface area contributed by atoms with Gasteiger partial charge in [0.1, 0.15) is 0 Å². The van der Waals surface area contributed by atoms with Gasteiger partial charge in [0.05, 0.1) is 16.2 Å². The monoisotopic (exact) mass is 424 g/mol. The molecule has 3 rings (SSSR count). The first-order valence-electron chi connectivity index (χ1n) is 10.7. The number of amides is 2. The fourth-order valence-corrected chi connectivity index (χ4v) is 3.82. The highest BCUT2D eigenvalue weighted by Crippen LogP contribution is 2.29. The lowest BCUT2D eigenvalue weighted by Gasteiger charge is -2.30. The van der Waals surface area contributed by atoms with E-state index in [4.69, 9.17) is 0 Å². The topological polar surface area (TPSA) is 95.8 Å². The highest BCUT2D eigenvalue weighted by Gasteiger charge is 2.22. The molecule has 0 unspecified atom stereocenters. The molecule has 0 saturated carbocycles. The lowest BCUT2D eigenvalue weighted by molar-refractivity contribution is -0.384. The largest absolute Gasteiger partial charge is 0.371 e. The predicted octanol–water partition coefficient (Wildman–Crippen LogP) is 4.32. The number of benzene rings is 2. The SMILES string of the molecule is CCN(CC)C(=O)c1ccc(NC(=O)c2cc([N+](=O)[O-])ccc2N2CCCCC2)cc1. The zero-order valence-corrected chi connectivity index (χ0v) is 18.0. The van der Waals surface area contributed by atoms with E-state index in [0.29, 0.717) is 30.0 Å². The molecule has 1 N–H and O–H groups in total. The van der Waals surface area contributed by atoms with E-state index in [1.807, 2.05) is 13.8 Å². The van der Waals surface area contributed by atoms with Crippen molar-refractivity contribution < 1.29 is 14.5 Å². The molecule has 8 nitrogen and oxygen atoms in total. The van der Waals surface area contributed by atoms with Crippen LogP contribution < -0.4 is 10.2 Å². The molecule has 2 amide bonds. The zero-order valence-electron chi connectivity index (χ0n) is 18.0. The normalized spacial score (nSPS) is 13.5. The number of hydrogen-bond donors (Lipinski definition) is 1. The smallest absolute Gasteiger partial charge is 0.270 e. The predicted molar refractivity (Wildman–Crippen MR) is 121 cm³/mol. The molecule has 0 atom stereocenters. The third-order valence-corrected chi connectivity index (χ3v) is 5.57. The highest BCUT2D eigenvalue weighted by molar-refractivity contribution is 6.08. The lowest BCUT2D eigenvalue weighted by Crippen LogP contribution is -2.31. The number of nitro benzene ring substituents is 1. The average Bonchev–Trinajstić information content (AvgIpc) is 2.80. The Morgan fingerprint density at radius 1 is 1.03 bits per heavy atom. The van der Waals surface area contributed by atoms with Gasteiger partial charge in [-0.3, -0.25) is 19.7 Å². The summed E-state index contributed by atoms with van der Waals surface area (Å²) in [5.74, 6) is -0.471. The van der Waals surface area contributed by atoms with Crippen LogP contribution in [-0.4, -0.2) is 47.8 Å². The molecule has 0 aliphatic carbocycles. The van der Waals surface area contributed by atoms with Crippen LogP contribution in [0.1, 0.15) is 53.8 Å². The van der Waals surface area contributed by atoms with Gasteiger partial charge in [0.15, 0.2) is 0 Å². The minimum Gasteiger partial charge on any atom is -0.371 e. The Hall–Kier alpha value is -3.42. The molecule has 0 spiro atoms. The van der Waals surface area contributed by atoms with Crippen molar-refractivity contribution in [1.29, 1.82) is 0 Å².